The van der Waals surface area contributed by atoms with Gasteiger partial charge in [-0.3, -0.25) is 0 Å². The second kappa shape index (κ2) is 5.09. The predicted octanol–water partition coefficient (Wildman–Crippen LogP) is 4.62. The molecule has 0 radical (unpaired) electrons. The van der Waals surface area contributed by atoms with Crippen molar-refractivity contribution in [2.45, 2.75) is 32.1 Å². The molecule has 106 valence electrons. The van der Waals surface area contributed by atoms with Gasteiger partial charge in [-0.25, -0.2) is 4.39 Å². The van der Waals surface area contributed by atoms with E-state index < -0.39 is 5.82 Å². The van der Waals surface area contributed by atoms with Crippen LogP contribution in [0.5, 0.6) is 0 Å². The minimum atomic E-state index is -0.403. The Morgan fingerprint density at radius 2 is 2.15 bits per heavy atom. The summed E-state index contributed by atoms with van der Waals surface area (Å²) < 4.78 is 19.6. The van der Waals surface area contributed by atoms with Gasteiger partial charge >= 0.3 is 0 Å². The molecule has 5 heteroatoms. The molecule has 1 heterocycles. The Bertz CT molecular complexity index is 621. The van der Waals surface area contributed by atoms with Crippen molar-refractivity contribution in [1.29, 1.82) is 0 Å². The first-order valence-electron chi connectivity index (χ1n) is 6.79. The number of anilines is 1. The lowest BCUT2D eigenvalue weighted by Crippen LogP contribution is -2.03. The van der Waals surface area contributed by atoms with E-state index in [1.165, 1.54) is 6.07 Å². The number of hydrogen-bond acceptors (Lipinski definition) is 3. The van der Waals surface area contributed by atoms with Crippen LogP contribution >= 0.6 is 11.6 Å². The lowest BCUT2D eigenvalue weighted by Gasteiger charge is -2.14. The van der Waals surface area contributed by atoms with E-state index in [9.17, 15) is 4.39 Å². The monoisotopic (exact) mass is 294 g/mol. The van der Waals surface area contributed by atoms with Gasteiger partial charge in [0.1, 0.15) is 11.6 Å². The maximum atomic E-state index is 14.1. The summed E-state index contributed by atoms with van der Waals surface area (Å²) in [4.78, 5) is 0. The second-order valence-electron chi connectivity index (χ2n) is 5.42. The van der Waals surface area contributed by atoms with E-state index in [2.05, 4.69) is 12.1 Å². The summed E-state index contributed by atoms with van der Waals surface area (Å²) in [5.74, 6) is 1.17. The van der Waals surface area contributed by atoms with Crippen LogP contribution in [-0.4, -0.2) is 5.16 Å². The Morgan fingerprint density at radius 1 is 1.35 bits per heavy atom. The first kappa shape index (κ1) is 13.4. The molecule has 0 bridgehead atoms. The van der Waals surface area contributed by atoms with Gasteiger partial charge in [-0.2, -0.15) is 0 Å². The highest BCUT2D eigenvalue weighted by atomic mass is 35.5. The molecule has 2 N–H and O–H groups in total. The molecule has 3 nitrogen and oxygen atoms in total. The summed E-state index contributed by atoms with van der Waals surface area (Å²) in [5.41, 5.74) is 6.71. The Balaban J connectivity index is 2.17. The van der Waals surface area contributed by atoms with E-state index in [1.807, 2.05) is 0 Å². The first-order chi connectivity index (χ1) is 9.59. The van der Waals surface area contributed by atoms with Crippen molar-refractivity contribution < 1.29 is 8.91 Å². The van der Waals surface area contributed by atoms with Gasteiger partial charge in [0.25, 0.3) is 0 Å². The van der Waals surface area contributed by atoms with E-state index in [0.717, 1.165) is 19.3 Å². The number of aromatic nitrogens is 1. The molecule has 20 heavy (non-hydrogen) atoms. The van der Waals surface area contributed by atoms with Crippen LogP contribution in [0.2, 0.25) is 5.02 Å². The van der Waals surface area contributed by atoms with E-state index in [-0.39, 0.29) is 11.7 Å². The minimum Gasteiger partial charge on any atom is -0.380 e. The van der Waals surface area contributed by atoms with Gasteiger partial charge in [0, 0.05) is 11.5 Å². The van der Waals surface area contributed by atoms with Gasteiger partial charge in [-0.05, 0) is 30.9 Å². The smallest absolute Gasteiger partial charge is 0.175 e. The number of rotatable bonds is 2. The van der Waals surface area contributed by atoms with E-state index in [4.69, 9.17) is 21.9 Å². The number of nitrogens with two attached hydrogens (primary N) is 1. The molecule has 1 aliphatic rings. The lowest BCUT2D eigenvalue weighted by molar-refractivity contribution is 0.341. The minimum absolute atomic E-state index is 0.200. The standard InChI is InChI=1S/C15H16ClFN2O/c1-8-4-2-5-9(8)14-13(15(18)19-20-14)12-10(16)6-3-7-11(12)17/h3,6-9H,2,4-5H2,1H3,(H2,18,19). The van der Waals surface area contributed by atoms with Gasteiger partial charge in [-0.1, -0.05) is 36.2 Å². The average molecular weight is 295 g/mol. The summed E-state index contributed by atoms with van der Waals surface area (Å²) in [6, 6.07) is 4.59. The number of nitrogen functional groups attached to an aromatic ring is 1. The van der Waals surface area contributed by atoms with Crippen molar-refractivity contribution in [3.8, 4) is 11.1 Å². The molecule has 0 spiro atoms. The summed E-state index contributed by atoms with van der Waals surface area (Å²) in [5, 5.41) is 4.16. The van der Waals surface area contributed by atoms with E-state index in [0.29, 0.717) is 27.8 Å². The summed E-state index contributed by atoms with van der Waals surface area (Å²) in [6.45, 7) is 2.17. The molecular weight excluding hydrogens is 279 g/mol. The summed E-state index contributed by atoms with van der Waals surface area (Å²) >= 11 is 6.14. The van der Waals surface area contributed by atoms with Crippen molar-refractivity contribution in [3.63, 3.8) is 0 Å². The van der Waals surface area contributed by atoms with Crippen LogP contribution in [0.3, 0.4) is 0 Å². The molecule has 1 fully saturated rings. The Morgan fingerprint density at radius 3 is 2.80 bits per heavy atom. The second-order valence-corrected chi connectivity index (χ2v) is 5.83. The fraction of sp³-hybridized carbons (Fsp3) is 0.400. The molecule has 2 aromatic rings. The molecule has 3 rings (SSSR count). The van der Waals surface area contributed by atoms with Crippen molar-refractivity contribution >= 4 is 17.4 Å². The molecular formula is C15H16ClFN2O. The Kier molecular flexibility index (Phi) is 3.42. The van der Waals surface area contributed by atoms with Gasteiger partial charge in [0.2, 0.25) is 0 Å². The lowest BCUT2D eigenvalue weighted by atomic mass is 9.90. The number of nitrogens with zero attached hydrogens (tertiary/aromatic N) is 1. The molecule has 1 saturated carbocycles. The molecule has 2 atom stereocenters. The van der Waals surface area contributed by atoms with Crippen LogP contribution in [0, 0.1) is 11.7 Å². The number of benzene rings is 1. The third kappa shape index (κ3) is 2.08. The van der Waals surface area contributed by atoms with E-state index in [1.54, 1.807) is 12.1 Å². The highest BCUT2D eigenvalue weighted by molar-refractivity contribution is 6.33. The predicted molar refractivity (Wildman–Crippen MR) is 77.1 cm³/mol. The van der Waals surface area contributed by atoms with Crippen molar-refractivity contribution in [2.75, 3.05) is 5.73 Å². The number of halogens is 2. The summed E-state index contributed by atoms with van der Waals surface area (Å²) in [6.07, 6.45) is 3.28. The van der Waals surface area contributed by atoms with Gasteiger partial charge in [0.05, 0.1) is 10.6 Å². The van der Waals surface area contributed by atoms with Crippen LogP contribution in [0.1, 0.15) is 37.9 Å². The van der Waals surface area contributed by atoms with Gasteiger partial charge in [0.15, 0.2) is 5.82 Å². The number of hydrogen-bond donors (Lipinski definition) is 1. The molecule has 2 unspecified atom stereocenters. The largest absolute Gasteiger partial charge is 0.380 e. The zero-order valence-electron chi connectivity index (χ0n) is 11.2. The van der Waals surface area contributed by atoms with Crippen LogP contribution in [0.25, 0.3) is 11.1 Å². The summed E-state index contributed by atoms with van der Waals surface area (Å²) in [7, 11) is 0. The van der Waals surface area contributed by atoms with Crippen LogP contribution in [0.15, 0.2) is 22.7 Å². The zero-order chi connectivity index (χ0) is 14.3. The third-order valence-corrected chi connectivity index (χ3v) is 4.47. The van der Waals surface area contributed by atoms with Gasteiger partial charge in [-0.15, -0.1) is 0 Å². The Labute approximate surface area is 121 Å². The SMILES string of the molecule is CC1CCCC1c1onc(N)c1-c1c(F)cccc1Cl. The van der Waals surface area contributed by atoms with Crippen molar-refractivity contribution in [1.82, 2.24) is 5.16 Å². The molecule has 1 aromatic carbocycles. The maximum Gasteiger partial charge on any atom is 0.175 e. The average Bonchev–Trinajstić information content (AvgIpc) is 2.97. The molecule has 0 saturated heterocycles. The van der Waals surface area contributed by atoms with Crippen LogP contribution in [-0.2, 0) is 0 Å². The van der Waals surface area contributed by atoms with E-state index >= 15 is 0 Å². The highest BCUT2D eigenvalue weighted by Gasteiger charge is 2.33. The van der Waals surface area contributed by atoms with Gasteiger partial charge < -0.3 is 10.3 Å². The highest BCUT2D eigenvalue weighted by Crippen LogP contribution is 2.46. The normalized spacial score (nSPS) is 22.4. The molecule has 0 aliphatic heterocycles. The maximum absolute atomic E-state index is 14.1. The topological polar surface area (TPSA) is 52.0 Å². The molecule has 1 aromatic heterocycles. The fourth-order valence-electron chi connectivity index (χ4n) is 3.09. The molecule has 0 amide bonds. The molecule has 1 aliphatic carbocycles. The van der Waals surface area contributed by atoms with Crippen molar-refractivity contribution in [2.24, 2.45) is 5.92 Å². The third-order valence-electron chi connectivity index (χ3n) is 4.16. The van der Waals surface area contributed by atoms with Crippen molar-refractivity contribution in [3.05, 3.63) is 34.8 Å². The zero-order valence-corrected chi connectivity index (χ0v) is 12.0. The fourth-order valence-corrected chi connectivity index (χ4v) is 3.35. The quantitative estimate of drug-likeness (QED) is 0.879. The van der Waals surface area contributed by atoms with Crippen LogP contribution in [0.4, 0.5) is 10.2 Å². The van der Waals surface area contributed by atoms with Crippen LogP contribution < -0.4 is 5.73 Å². The first-order valence-corrected chi connectivity index (χ1v) is 7.16. The Hall–Kier alpha value is -1.55.